The van der Waals surface area contributed by atoms with Crippen molar-refractivity contribution in [2.24, 2.45) is 0 Å². The summed E-state index contributed by atoms with van der Waals surface area (Å²) in [5.74, 6) is 0.804. The van der Waals surface area contributed by atoms with Crippen molar-refractivity contribution >= 4 is 28.1 Å². The Morgan fingerprint density at radius 1 is 1.21 bits per heavy atom. The molecule has 4 rings (SSSR count). The fourth-order valence-electron chi connectivity index (χ4n) is 3.43. The lowest BCUT2D eigenvalue weighted by Crippen LogP contribution is -2.35. The van der Waals surface area contributed by atoms with Gasteiger partial charge >= 0.3 is 0 Å². The number of hydrogen-bond acceptors (Lipinski definition) is 4. The van der Waals surface area contributed by atoms with Gasteiger partial charge in [-0.3, -0.25) is 4.79 Å². The summed E-state index contributed by atoms with van der Waals surface area (Å²) in [4.78, 5) is 20.4. The van der Waals surface area contributed by atoms with Crippen molar-refractivity contribution in [2.45, 2.75) is 25.8 Å². The fourth-order valence-corrected chi connectivity index (χ4v) is 4.25. The smallest absolute Gasteiger partial charge is 0.226 e. The van der Waals surface area contributed by atoms with Crippen molar-refractivity contribution in [1.29, 1.82) is 0 Å². The number of nitrogens with zero attached hydrogens (tertiary/aromatic N) is 1. The molecule has 6 heteroatoms. The third-order valence-electron chi connectivity index (χ3n) is 4.84. The maximum absolute atomic E-state index is 12.5. The van der Waals surface area contributed by atoms with Gasteiger partial charge in [0.2, 0.25) is 5.91 Å². The molecule has 0 radical (unpaired) electrons. The van der Waals surface area contributed by atoms with Crippen molar-refractivity contribution in [3.63, 3.8) is 0 Å². The number of fused-ring (bicyclic) bond motifs is 1. The number of H-pyrrole nitrogens is 1. The third-order valence-corrected chi connectivity index (χ3v) is 5.78. The van der Waals surface area contributed by atoms with E-state index in [1.54, 1.807) is 18.4 Å². The van der Waals surface area contributed by atoms with E-state index < -0.39 is 0 Å². The molecule has 2 aromatic carbocycles. The molecule has 5 nitrogen and oxygen atoms in total. The molecule has 0 aliphatic rings. The number of carbonyl (C=O) groups is 1. The van der Waals surface area contributed by atoms with Crippen LogP contribution in [-0.2, 0) is 17.6 Å². The van der Waals surface area contributed by atoms with Gasteiger partial charge in [-0.1, -0.05) is 18.2 Å². The molecule has 2 N–H and O–H groups in total. The van der Waals surface area contributed by atoms with Gasteiger partial charge in [0, 0.05) is 34.1 Å². The quantitative estimate of drug-likeness (QED) is 0.473. The van der Waals surface area contributed by atoms with Crippen LogP contribution in [0.1, 0.15) is 18.2 Å². The molecule has 29 heavy (non-hydrogen) atoms. The van der Waals surface area contributed by atoms with Crippen LogP contribution in [0, 0.1) is 0 Å². The first-order valence-electron chi connectivity index (χ1n) is 9.55. The minimum atomic E-state index is -0.0103. The van der Waals surface area contributed by atoms with Gasteiger partial charge in [-0.2, -0.15) is 0 Å². The Hall–Kier alpha value is -3.12. The number of benzene rings is 2. The number of hydrogen-bond donors (Lipinski definition) is 2. The van der Waals surface area contributed by atoms with E-state index in [0.29, 0.717) is 0 Å². The summed E-state index contributed by atoms with van der Waals surface area (Å²) in [6, 6.07) is 16.0. The Kier molecular flexibility index (Phi) is 5.62. The number of amides is 1. The summed E-state index contributed by atoms with van der Waals surface area (Å²) < 4.78 is 5.19. The Balaban J connectivity index is 1.35. The zero-order chi connectivity index (χ0) is 20.2. The Morgan fingerprint density at radius 2 is 2.00 bits per heavy atom. The van der Waals surface area contributed by atoms with Gasteiger partial charge in [-0.25, -0.2) is 4.98 Å². The zero-order valence-corrected chi connectivity index (χ0v) is 17.3. The topological polar surface area (TPSA) is 67.0 Å². The van der Waals surface area contributed by atoms with Crippen LogP contribution in [0.3, 0.4) is 0 Å². The van der Waals surface area contributed by atoms with Gasteiger partial charge in [0.1, 0.15) is 10.8 Å². The number of thiazole rings is 1. The lowest BCUT2D eigenvalue weighted by molar-refractivity contribution is -0.121. The van der Waals surface area contributed by atoms with Crippen LogP contribution in [-0.4, -0.2) is 29.0 Å². The predicted molar refractivity (Wildman–Crippen MR) is 117 cm³/mol. The summed E-state index contributed by atoms with van der Waals surface area (Å²) >= 11 is 1.55. The molecule has 1 amide bonds. The molecule has 148 valence electrons. The van der Waals surface area contributed by atoms with E-state index >= 15 is 0 Å². The van der Waals surface area contributed by atoms with Crippen LogP contribution in [0.4, 0.5) is 0 Å². The number of ether oxygens (including phenoxy) is 1. The van der Waals surface area contributed by atoms with Crippen LogP contribution in [0.15, 0.2) is 60.1 Å². The van der Waals surface area contributed by atoms with E-state index in [4.69, 9.17) is 4.74 Å². The fraction of sp³-hybridized carbons (Fsp3) is 0.217. The molecule has 2 aromatic heterocycles. The molecule has 2 heterocycles. The number of nitrogens with one attached hydrogen (secondary N) is 2. The highest BCUT2D eigenvalue weighted by molar-refractivity contribution is 7.13. The van der Waals surface area contributed by atoms with Gasteiger partial charge in [-0.15, -0.1) is 11.3 Å². The summed E-state index contributed by atoms with van der Waals surface area (Å²) in [7, 11) is 1.65. The molecule has 0 unspecified atom stereocenters. The van der Waals surface area contributed by atoms with Crippen LogP contribution in [0.5, 0.6) is 5.75 Å². The first-order chi connectivity index (χ1) is 14.1. The maximum Gasteiger partial charge on any atom is 0.226 e. The minimum Gasteiger partial charge on any atom is -0.497 e. The van der Waals surface area contributed by atoms with E-state index in [2.05, 4.69) is 27.4 Å². The van der Waals surface area contributed by atoms with E-state index in [0.717, 1.165) is 34.0 Å². The number of rotatable bonds is 7. The first kappa shape index (κ1) is 19.2. The first-order valence-corrected chi connectivity index (χ1v) is 10.4. The molecule has 0 aliphatic heterocycles. The third kappa shape index (κ3) is 4.49. The average molecular weight is 406 g/mol. The molecule has 4 aromatic rings. The van der Waals surface area contributed by atoms with Crippen molar-refractivity contribution in [3.8, 4) is 16.3 Å². The average Bonchev–Trinajstić information content (AvgIpc) is 3.35. The highest BCUT2D eigenvalue weighted by Crippen LogP contribution is 2.26. The lowest BCUT2D eigenvalue weighted by atomic mass is 10.1. The SMILES string of the molecule is COc1ccc(-c2nc(CC(=O)N[C@@H](C)Cc3c[nH]c4ccccc34)cs2)cc1. The summed E-state index contributed by atoms with van der Waals surface area (Å²) in [6.45, 7) is 2.03. The standard InChI is InChI=1S/C23H23N3O2S/c1-15(11-17-13-24-21-6-4-3-5-20(17)21)25-22(27)12-18-14-29-23(26-18)16-7-9-19(28-2)10-8-16/h3-10,13-15,24H,11-12H2,1-2H3,(H,25,27)/t15-/m0/s1. The van der Waals surface area contributed by atoms with Gasteiger partial charge in [0.15, 0.2) is 0 Å². The van der Waals surface area contributed by atoms with Crippen LogP contribution >= 0.6 is 11.3 Å². The Bertz CT molecular complexity index is 1110. The lowest BCUT2D eigenvalue weighted by Gasteiger charge is -2.13. The summed E-state index contributed by atoms with van der Waals surface area (Å²) in [5.41, 5.74) is 4.14. The normalized spacial score (nSPS) is 12.1. The van der Waals surface area contributed by atoms with E-state index in [9.17, 15) is 4.79 Å². The minimum absolute atomic E-state index is 0.0103. The van der Waals surface area contributed by atoms with E-state index in [1.165, 1.54) is 10.9 Å². The number of aromatic amines is 1. The van der Waals surface area contributed by atoms with Crippen LogP contribution in [0.25, 0.3) is 21.5 Å². The second kappa shape index (κ2) is 8.49. The van der Waals surface area contributed by atoms with Crippen LogP contribution < -0.4 is 10.1 Å². The molecule has 1 atom stereocenters. The van der Waals surface area contributed by atoms with Gasteiger partial charge in [0.05, 0.1) is 19.2 Å². The second-order valence-electron chi connectivity index (χ2n) is 7.08. The van der Waals surface area contributed by atoms with Gasteiger partial charge in [-0.05, 0) is 49.2 Å². The highest BCUT2D eigenvalue weighted by atomic mass is 32.1. The van der Waals surface area contributed by atoms with Gasteiger partial charge in [0.25, 0.3) is 0 Å². The largest absolute Gasteiger partial charge is 0.497 e. The van der Waals surface area contributed by atoms with Crippen molar-refractivity contribution in [2.75, 3.05) is 7.11 Å². The molecule has 0 bridgehead atoms. The molecule has 0 fully saturated rings. The van der Waals surface area contributed by atoms with Crippen molar-refractivity contribution in [3.05, 3.63) is 71.4 Å². The molecular weight excluding hydrogens is 382 g/mol. The number of carbonyl (C=O) groups excluding carboxylic acids is 1. The monoisotopic (exact) mass is 405 g/mol. The second-order valence-corrected chi connectivity index (χ2v) is 7.94. The Morgan fingerprint density at radius 3 is 2.79 bits per heavy atom. The zero-order valence-electron chi connectivity index (χ0n) is 16.4. The molecule has 0 spiro atoms. The Labute approximate surface area is 173 Å². The van der Waals surface area contributed by atoms with Crippen molar-refractivity contribution in [1.82, 2.24) is 15.3 Å². The van der Waals surface area contributed by atoms with E-state index in [-0.39, 0.29) is 18.4 Å². The molecule has 0 saturated heterocycles. The summed E-state index contributed by atoms with van der Waals surface area (Å²) in [5, 5.41) is 7.15. The van der Waals surface area contributed by atoms with Crippen LogP contribution in [0.2, 0.25) is 0 Å². The summed E-state index contributed by atoms with van der Waals surface area (Å²) in [6.07, 6.45) is 3.09. The van der Waals surface area contributed by atoms with Gasteiger partial charge < -0.3 is 15.0 Å². The number of aromatic nitrogens is 2. The predicted octanol–water partition coefficient (Wildman–Crippen LogP) is 4.59. The van der Waals surface area contributed by atoms with Crippen molar-refractivity contribution < 1.29 is 9.53 Å². The highest BCUT2D eigenvalue weighted by Gasteiger charge is 2.13. The van der Waals surface area contributed by atoms with E-state index in [1.807, 2.05) is 54.9 Å². The number of methoxy groups -OCH3 is 1. The number of para-hydroxylation sites is 1. The molecular formula is C23H23N3O2S. The maximum atomic E-state index is 12.5. The molecule has 0 aliphatic carbocycles. The molecule has 0 saturated carbocycles.